The first-order valence-corrected chi connectivity index (χ1v) is 12.7. The van der Waals surface area contributed by atoms with Crippen LogP contribution in [0.3, 0.4) is 0 Å². The molecule has 1 saturated heterocycles. The van der Waals surface area contributed by atoms with Crippen molar-refractivity contribution in [1.29, 1.82) is 5.26 Å². The number of nitrogens with zero attached hydrogens (tertiary/aromatic N) is 5. The van der Waals surface area contributed by atoms with Crippen LogP contribution in [-0.2, 0) is 25.9 Å². The number of aromatic nitrogens is 3. The normalized spacial score (nSPS) is 14.2. The number of hydrogen-bond donors (Lipinski definition) is 1. The first-order valence-electron chi connectivity index (χ1n) is 12.7. The fourth-order valence-electron chi connectivity index (χ4n) is 4.61. The molecule has 0 bridgehead atoms. The van der Waals surface area contributed by atoms with Gasteiger partial charge in [0, 0.05) is 19.3 Å². The predicted molar refractivity (Wildman–Crippen MR) is 141 cm³/mol. The van der Waals surface area contributed by atoms with Crippen LogP contribution in [0.2, 0.25) is 0 Å². The van der Waals surface area contributed by atoms with Gasteiger partial charge in [-0.1, -0.05) is 0 Å². The van der Waals surface area contributed by atoms with Crippen molar-refractivity contribution < 1.29 is 37.3 Å². The topological polar surface area (TPSA) is 139 Å². The summed E-state index contributed by atoms with van der Waals surface area (Å²) in [7, 11) is 0. The Kier molecular flexibility index (Phi) is 10.2. The molecule has 216 valence electrons. The second-order valence-electron chi connectivity index (χ2n) is 8.83. The number of anilines is 1. The third kappa shape index (κ3) is 6.89. The zero-order valence-electron chi connectivity index (χ0n) is 22.4. The molecule has 3 heterocycles. The van der Waals surface area contributed by atoms with E-state index < -0.39 is 23.1 Å². The number of ether oxygens (including phenoxy) is 2. The SMILES string of the molecule is CCOC(=O)C1(c2ccc(-c3cccnc3OCC)nn2)CCN(c2ccc(C(F)(F)F)cc2C#N)CC1.O=CO. The van der Waals surface area contributed by atoms with Crippen molar-refractivity contribution in [2.24, 2.45) is 0 Å². The molecule has 0 aliphatic carbocycles. The Bertz CT molecular complexity index is 1390. The van der Waals surface area contributed by atoms with Crippen molar-refractivity contribution in [2.75, 3.05) is 31.2 Å². The number of benzene rings is 1. The molecule has 0 amide bonds. The van der Waals surface area contributed by atoms with Gasteiger partial charge in [-0.3, -0.25) is 9.59 Å². The molecule has 10 nitrogen and oxygen atoms in total. The smallest absolute Gasteiger partial charge is 0.416 e. The maximum atomic E-state index is 13.2. The van der Waals surface area contributed by atoms with Crippen LogP contribution in [0.4, 0.5) is 18.9 Å². The Morgan fingerprint density at radius 2 is 1.85 bits per heavy atom. The van der Waals surface area contributed by atoms with E-state index in [1.807, 2.05) is 24.0 Å². The van der Waals surface area contributed by atoms with Crippen LogP contribution in [0, 0.1) is 11.3 Å². The van der Waals surface area contributed by atoms with Crippen molar-refractivity contribution in [3.63, 3.8) is 0 Å². The third-order valence-corrected chi connectivity index (χ3v) is 6.55. The van der Waals surface area contributed by atoms with Gasteiger partial charge in [-0.25, -0.2) is 4.98 Å². The molecule has 1 fully saturated rings. The van der Waals surface area contributed by atoms with Gasteiger partial charge in [0.2, 0.25) is 5.88 Å². The highest BCUT2D eigenvalue weighted by molar-refractivity contribution is 5.83. The van der Waals surface area contributed by atoms with Crippen LogP contribution < -0.4 is 9.64 Å². The molecule has 0 spiro atoms. The zero-order valence-corrected chi connectivity index (χ0v) is 22.4. The number of carboxylic acid groups (broad SMARTS) is 1. The summed E-state index contributed by atoms with van der Waals surface area (Å²) in [5, 5.41) is 25.1. The van der Waals surface area contributed by atoms with Crippen molar-refractivity contribution in [3.8, 4) is 23.2 Å². The molecule has 41 heavy (non-hydrogen) atoms. The van der Waals surface area contributed by atoms with Gasteiger partial charge in [0.25, 0.3) is 6.47 Å². The van der Waals surface area contributed by atoms with E-state index in [2.05, 4.69) is 15.2 Å². The molecule has 3 aromatic rings. The van der Waals surface area contributed by atoms with Crippen molar-refractivity contribution in [1.82, 2.24) is 15.2 Å². The first kappa shape index (κ1) is 30.8. The highest BCUT2D eigenvalue weighted by Crippen LogP contribution is 2.39. The van der Waals surface area contributed by atoms with Gasteiger partial charge >= 0.3 is 12.1 Å². The van der Waals surface area contributed by atoms with Gasteiger partial charge in [0.15, 0.2) is 0 Å². The first-order chi connectivity index (χ1) is 19.6. The van der Waals surface area contributed by atoms with Crippen molar-refractivity contribution >= 4 is 18.1 Å². The van der Waals surface area contributed by atoms with E-state index in [1.165, 1.54) is 6.07 Å². The number of hydrogen-bond acceptors (Lipinski definition) is 9. The van der Waals surface area contributed by atoms with Crippen LogP contribution in [0.15, 0.2) is 48.7 Å². The lowest BCUT2D eigenvalue weighted by molar-refractivity contribution is -0.151. The summed E-state index contributed by atoms with van der Waals surface area (Å²) in [5.74, 6) is -0.0127. The minimum atomic E-state index is -4.55. The molecule has 1 aromatic carbocycles. The van der Waals surface area contributed by atoms with E-state index in [4.69, 9.17) is 19.4 Å². The number of piperidine rings is 1. The van der Waals surface area contributed by atoms with Gasteiger partial charge in [0.05, 0.1) is 47.0 Å². The Balaban J connectivity index is 0.00000147. The van der Waals surface area contributed by atoms with Crippen LogP contribution in [0.1, 0.15) is 43.5 Å². The lowest BCUT2D eigenvalue weighted by atomic mass is 9.75. The number of nitriles is 1. The number of rotatable bonds is 7. The quantitative estimate of drug-likeness (QED) is 0.315. The Morgan fingerprint density at radius 3 is 2.41 bits per heavy atom. The molecule has 2 aromatic heterocycles. The highest BCUT2D eigenvalue weighted by Gasteiger charge is 2.46. The summed E-state index contributed by atoms with van der Waals surface area (Å²) in [6.45, 7) is 4.55. The number of carbonyl (C=O) groups excluding carboxylic acids is 1. The van der Waals surface area contributed by atoms with Crippen LogP contribution in [-0.4, -0.2) is 59.0 Å². The van der Waals surface area contributed by atoms with E-state index in [9.17, 15) is 23.2 Å². The van der Waals surface area contributed by atoms with Crippen molar-refractivity contribution in [2.45, 2.75) is 38.3 Å². The maximum absolute atomic E-state index is 13.2. The molecule has 0 atom stereocenters. The Morgan fingerprint density at radius 1 is 1.15 bits per heavy atom. The molecule has 0 saturated carbocycles. The second kappa shape index (κ2) is 13.6. The summed E-state index contributed by atoms with van der Waals surface area (Å²) in [4.78, 5) is 27.6. The fourth-order valence-corrected chi connectivity index (χ4v) is 4.61. The molecular formula is C28H28F3N5O5. The number of halogens is 3. The third-order valence-electron chi connectivity index (χ3n) is 6.55. The van der Waals surface area contributed by atoms with Crippen LogP contribution in [0.25, 0.3) is 11.3 Å². The van der Waals surface area contributed by atoms with Gasteiger partial charge in [0.1, 0.15) is 11.5 Å². The molecule has 4 rings (SSSR count). The van der Waals surface area contributed by atoms with Gasteiger partial charge in [-0.05, 0) is 69.2 Å². The lowest BCUT2D eigenvalue weighted by Gasteiger charge is -2.40. The Hall–Kier alpha value is -4.73. The van der Waals surface area contributed by atoms with Gasteiger partial charge in [-0.2, -0.15) is 28.6 Å². The molecule has 0 unspecified atom stereocenters. The van der Waals surface area contributed by atoms with E-state index in [-0.39, 0.29) is 31.5 Å². The molecule has 0 radical (unpaired) electrons. The van der Waals surface area contributed by atoms with E-state index in [1.54, 1.807) is 31.3 Å². The average molecular weight is 572 g/mol. The summed E-state index contributed by atoms with van der Waals surface area (Å²) >= 11 is 0. The molecule has 1 aliphatic heterocycles. The second-order valence-corrected chi connectivity index (χ2v) is 8.83. The average Bonchev–Trinajstić information content (AvgIpc) is 2.97. The molecule has 1 N–H and O–H groups in total. The minimum Gasteiger partial charge on any atom is -0.483 e. The lowest BCUT2D eigenvalue weighted by Crippen LogP contribution is -2.49. The number of alkyl halides is 3. The summed E-state index contributed by atoms with van der Waals surface area (Å²) in [6.07, 6.45) is -2.37. The fraction of sp³-hybridized carbons (Fsp3) is 0.357. The Labute approximate surface area is 234 Å². The summed E-state index contributed by atoms with van der Waals surface area (Å²) in [6, 6.07) is 12.0. The van der Waals surface area contributed by atoms with E-state index in [0.717, 1.165) is 12.1 Å². The van der Waals surface area contributed by atoms with Gasteiger partial charge < -0.3 is 19.5 Å². The molecule has 1 aliphatic rings. The van der Waals surface area contributed by atoms with Crippen molar-refractivity contribution in [3.05, 3.63) is 65.5 Å². The van der Waals surface area contributed by atoms with E-state index >= 15 is 0 Å². The number of pyridine rings is 1. The predicted octanol–water partition coefficient (Wildman–Crippen LogP) is 4.63. The summed E-state index contributed by atoms with van der Waals surface area (Å²) < 4.78 is 50.4. The zero-order chi connectivity index (χ0) is 30.0. The summed E-state index contributed by atoms with van der Waals surface area (Å²) in [5.41, 5.74) is -0.0196. The highest BCUT2D eigenvalue weighted by atomic mass is 19.4. The van der Waals surface area contributed by atoms with Crippen LogP contribution >= 0.6 is 0 Å². The van der Waals surface area contributed by atoms with Gasteiger partial charge in [-0.15, -0.1) is 0 Å². The maximum Gasteiger partial charge on any atom is 0.416 e. The number of carbonyl (C=O) groups is 2. The molecule has 13 heteroatoms. The largest absolute Gasteiger partial charge is 0.483 e. The minimum absolute atomic E-state index is 0.0748. The standard InChI is InChI=1S/C27H26F3N5O3.CH2O2/c1-3-37-24-20(6-5-13-32-24)21-8-10-23(34-33-21)26(25(36)38-4-2)11-14-35(15-12-26)22-9-7-19(27(28,29)30)16-18(22)17-31;2-1-3/h5-10,13,16H,3-4,11-12,14-15H2,1-2H3;1H,(H,2,3). The number of esters is 1. The van der Waals surface area contributed by atoms with Crippen LogP contribution in [0.5, 0.6) is 5.88 Å². The molecular weight excluding hydrogens is 543 g/mol. The van der Waals surface area contributed by atoms with E-state index in [0.29, 0.717) is 48.2 Å². The monoisotopic (exact) mass is 571 g/mol.